The quantitative estimate of drug-likeness (QED) is 0.742. The molecule has 19 heavy (non-hydrogen) atoms. The van der Waals surface area contributed by atoms with Gasteiger partial charge in [0.2, 0.25) is 0 Å². The van der Waals surface area contributed by atoms with Crippen LogP contribution in [-0.4, -0.2) is 18.3 Å². The van der Waals surface area contributed by atoms with Gasteiger partial charge in [0.05, 0.1) is 15.7 Å². The number of nitrogens with one attached hydrogen (secondary N) is 1. The van der Waals surface area contributed by atoms with Crippen LogP contribution >= 0.6 is 23.2 Å². The molecule has 2 atom stereocenters. The molecule has 1 aromatic carbocycles. The molecule has 106 valence electrons. The fourth-order valence-electron chi connectivity index (χ4n) is 2.79. The molecule has 0 spiro atoms. The van der Waals surface area contributed by atoms with E-state index < -0.39 is 0 Å². The summed E-state index contributed by atoms with van der Waals surface area (Å²) in [5.74, 6) is 0.857. The van der Waals surface area contributed by atoms with E-state index in [-0.39, 0.29) is 6.61 Å². The predicted octanol–water partition coefficient (Wildman–Crippen LogP) is 3.79. The largest absolute Gasteiger partial charge is 0.399 e. The van der Waals surface area contributed by atoms with Crippen LogP contribution in [-0.2, 0) is 0 Å². The molecule has 0 saturated heterocycles. The average Bonchev–Trinajstić information content (AvgIpc) is 2.38. The van der Waals surface area contributed by atoms with Crippen molar-refractivity contribution < 1.29 is 5.11 Å². The second-order valence-electron chi connectivity index (χ2n) is 5.23. The van der Waals surface area contributed by atoms with Crippen molar-refractivity contribution >= 4 is 34.6 Å². The zero-order valence-corrected chi connectivity index (χ0v) is 12.3. The highest BCUT2D eigenvalue weighted by atomic mass is 35.5. The molecule has 1 saturated carbocycles. The van der Waals surface area contributed by atoms with Crippen molar-refractivity contribution in [3.63, 3.8) is 0 Å². The smallest absolute Gasteiger partial charge is 0.0720 e. The Balaban J connectivity index is 2.02. The van der Waals surface area contributed by atoms with Gasteiger partial charge in [-0.25, -0.2) is 0 Å². The molecule has 2 rings (SSSR count). The minimum atomic E-state index is 0.259. The minimum Gasteiger partial charge on any atom is -0.399 e. The maximum atomic E-state index is 9.41. The van der Waals surface area contributed by atoms with Crippen molar-refractivity contribution in [1.82, 2.24) is 0 Å². The number of nitrogen functional groups attached to an aromatic ring is 1. The monoisotopic (exact) mass is 302 g/mol. The van der Waals surface area contributed by atoms with Crippen LogP contribution in [0.25, 0.3) is 0 Å². The number of anilines is 2. The molecular formula is C14H20Cl2N2O. The van der Waals surface area contributed by atoms with Crippen LogP contribution < -0.4 is 11.1 Å². The van der Waals surface area contributed by atoms with Crippen LogP contribution in [0.15, 0.2) is 12.1 Å². The van der Waals surface area contributed by atoms with Gasteiger partial charge in [-0.3, -0.25) is 0 Å². The van der Waals surface area contributed by atoms with Gasteiger partial charge in [0, 0.05) is 18.8 Å². The third kappa shape index (κ3) is 3.68. The van der Waals surface area contributed by atoms with E-state index in [1.807, 2.05) is 0 Å². The Kier molecular flexibility index (Phi) is 5.20. The molecule has 1 aliphatic carbocycles. The molecule has 0 heterocycles. The van der Waals surface area contributed by atoms with Gasteiger partial charge in [0.1, 0.15) is 0 Å². The maximum Gasteiger partial charge on any atom is 0.0720 e. The molecule has 0 aromatic heterocycles. The lowest BCUT2D eigenvalue weighted by molar-refractivity contribution is 0.141. The summed E-state index contributed by atoms with van der Waals surface area (Å²) in [6.45, 7) is 1.05. The average molecular weight is 303 g/mol. The van der Waals surface area contributed by atoms with E-state index >= 15 is 0 Å². The normalized spacial score (nSPS) is 23.3. The molecule has 0 amide bonds. The molecule has 1 aromatic rings. The van der Waals surface area contributed by atoms with E-state index in [9.17, 15) is 5.11 Å². The summed E-state index contributed by atoms with van der Waals surface area (Å²) < 4.78 is 0. The summed E-state index contributed by atoms with van der Waals surface area (Å²) in [5, 5.41) is 13.8. The highest BCUT2D eigenvalue weighted by molar-refractivity contribution is 6.39. The van der Waals surface area contributed by atoms with E-state index in [0.29, 0.717) is 27.6 Å². The van der Waals surface area contributed by atoms with E-state index in [2.05, 4.69) is 5.32 Å². The first-order valence-corrected chi connectivity index (χ1v) is 7.46. The first-order chi connectivity index (χ1) is 9.11. The molecule has 5 heteroatoms. The van der Waals surface area contributed by atoms with Crippen LogP contribution in [0.1, 0.15) is 25.7 Å². The van der Waals surface area contributed by atoms with Gasteiger partial charge >= 0.3 is 0 Å². The summed E-state index contributed by atoms with van der Waals surface area (Å²) in [6.07, 6.45) is 4.69. The predicted molar refractivity (Wildman–Crippen MR) is 81.9 cm³/mol. The summed E-state index contributed by atoms with van der Waals surface area (Å²) >= 11 is 12.3. The highest BCUT2D eigenvalue weighted by Crippen LogP contribution is 2.35. The lowest BCUT2D eigenvalue weighted by Gasteiger charge is -2.30. The fraction of sp³-hybridized carbons (Fsp3) is 0.571. The molecule has 3 nitrogen and oxygen atoms in total. The topological polar surface area (TPSA) is 58.3 Å². The number of nitrogens with two attached hydrogens (primary N) is 1. The van der Waals surface area contributed by atoms with E-state index in [0.717, 1.165) is 25.1 Å². The summed E-state index contributed by atoms with van der Waals surface area (Å²) in [5.41, 5.74) is 6.98. The number of halogens is 2. The van der Waals surface area contributed by atoms with Crippen LogP contribution in [0.5, 0.6) is 0 Å². The maximum absolute atomic E-state index is 9.41. The van der Waals surface area contributed by atoms with Crippen molar-refractivity contribution in [1.29, 1.82) is 0 Å². The van der Waals surface area contributed by atoms with Gasteiger partial charge in [-0.2, -0.15) is 0 Å². The summed E-state index contributed by atoms with van der Waals surface area (Å²) in [4.78, 5) is 0. The van der Waals surface area contributed by atoms with Gasteiger partial charge in [-0.15, -0.1) is 0 Å². The number of rotatable bonds is 4. The van der Waals surface area contributed by atoms with Gasteiger partial charge in [-0.1, -0.05) is 36.0 Å². The standard InChI is InChI=1S/C14H20Cl2N2O/c15-12-5-11(17)6-13(16)14(12)18-7-9-3-1-2-4-10(9)8-19/h5-6,9-10,18-19H,1-4,7-8,17H2. The second-order valence-corrected chi connectivity index (χ2v) is 6.04. The number of hydrogen-bond donors (Lipinski definition) is 3. The van der Waals surface area contributed by atoms with Crippen LogP contribution in [0.3, 0.4) is 0 Å². The van der Waals surface area contributed by atoms with E-state index in [4.69, 9.17) is 28.9 Å². The van der Waals surface area contributed by atoms with Gasteiger partial charge in [-0.05, 0) is 36.8 Å². The van der Waals surface area contributed by atoms with Crippen molar-refractivity contribution in [2.75, 3.05) is 24.2 Å². The van der Waals surface area contributed by atoms with E-state index in [1.54, 1.807) is 12.1 Å². The van der Waals surface area contributed by atoms with Crippen molar-refractivity contribution in [2.24, 2.45) is 11.8 Å². The Bertz CT molecular complexity index is 416. The number of benzene rings is 1. The third-order valence-electron chi connectivity index (χ3n) is 3.91. The molecule has 0 aliphatic heterocycles. The molecule has 0 radical (unpaired) electrons. The lowest BCUT2D eigenvalue weighted by Crippen LogP contribution is -2.28. The molecular weight excluding hydrogens is 283 g/mol. The third-order valence-corrected chi connectivity index (χ3v) is 4.50. The lowest BCUT2D eigenvalue weighted by atomic mass is 9.79. The van der Waals surface area contributed by atoms with Gasteiger partial charge < -0.3 is 16.2 Å². The second kappa shape index (κ2) is 6.69. The first kappa shape index (κ1) is 14.8. The number of aliphatic hydroxyl groups excluding tert-OH is 1. The SMILES string of the molecule is Nc1cc(Cl)c(NCC2CCCCC2CO)c(Cl)c1. The number of hydrogen-bond acceptors (Lipinski definition) is 3. The Hall–Kier alpha value is -0.640. The Labute approximate surface area is 124 Å². The fourth-order valence-corrected chi connectivity index (χ4v) is 3.43. The minimum absolute atomic E-state index is 0.259. The Morgan fingerprint density at radius 1 is 1.16 bits per heavy atom. The van der Waals surface area contributed by atoms with Crippen LogP contribution in [0.4, 0.5) is 11.4 Å². The zero-order chi connectivity index (χ0) is 13.8. The van der Waals surface area contributed by atoms with Crippen molar-refractivity contribution in [3.8, 4) is 0 Å². The summed E-state index contributed by atoms with van der Waals surface area (Å²) in [7, 11) is 0. The van der Waals surface area contributed by atoms with Crippen molar-refractivity contribution in [2.45, 2.75) is 25.7 Å². The Morgan fingerprint density at radius 2 is 1.74 bits per heavy atom. The molecule has 0 bridgehead atoms. The molecule has 2 unspecified atom stereocenters. The summed E-state index contributed by atoms with van der Waals surface area (Å²) in [6, 6.07) is 3.39. The molecule has 4 N–H and O–H groups in total. The van der Waals surface area contributed by atoms with Gasteiger partial charge in [0.15, 0.2) is 0 Å². The van der Waals surface area contributed by atoms with Gasteiger partial charge in [0.25, 0.3) is 0 Å². The highest BCUT2D eigenvalue weighted by Gasteiger charge is 2.24. The first-order valence-electron chi connectivity index (χ1n) is 6.71. The zero-order valence-electron chi connectivity index (χ0n) is 10.8. The van der Waals surface area contributed by atoms with Crippen LogP contribution in [0, 0.1) is 11.8 Å². The van der Waals surface area contributed by atoms with Crippen LogP contribution in [0.2, 0.25) is 10.0 Å². The Morgan fingerprint density at radius 3 is 2.32 bits per heavy atom. The number of aliphatic hydroxyl groups is 1. The van der Waals surface area contributed by atoms with Crippen molar-refractivity contribution in [3.05, 3.63) is 22.2 Å². The molecule has 1 aliphatic rings. The van der Waals surface area contributed by atoms with E-state index in [1.165, 1.54) is 12.8 Å². The molecule has 1 fully saturated rings.